The molecule has 1 atom stereocenters. The first-order valence-corrected chi connectivity index (χ1v) is 4.96. The topological polar surface area (TPSA) is 63.6 Å². The minimum absolute atomic E-state index is 0.0434. The molecule has 1 unspecified atom stereocenters. The Morgan fingerprint density at radius 1 is 1.21 bits per heavy atom. The number of carboxylic acid groups (broad SMARTS) is 1. The predicted molar refractivity (Wildman–Crippen MR) is 53.6 cm³/mol. The highest BCUT2D eigenvalue weighted by molar-refractivity contribution is 5.83. The Bertz CT molecular complexity index is 504. The molecule has 1 aromatic carbocycles. The van der Waals surface area contributed by atoms with Gasteiger partial charge in [-0.3, -0.25) is 4.79 Å². The van der Waals surface area contributed by atoms with Crippen LogP contribution in [-0.4, -0.2) is 23.0 Å². The van der Waals surface area contributed by atoms with Crippen LogP contribution in [0.15, 0.2) is 6.07 Å². The number of carbonyl (C=O) groups is 2. The lowest BCUT2D eigenvalue weighted by atomic mass is 10.2. The molecular weight excluding hydrogens is 272 g/mol. The minimum Gasteiger partial charge on any atom is -0.478 e. The van der Waals surface area contributed by atoms with E-state index in [0.717, 1.165) is 6.92 Å². The van der Waals surface area contributed by atoms with Crippen LogP contribution in [0.25, 0.3) is 0 Å². The molecule has 0 spiro atoms. The third kappa shape index (κ3) is 3.43. The number of halogens is 4. The number of ketones is 1. The summed E-state index contributed by atoms with van der Waals surface area (Å²) in [5.41, 5.74) is 0. The molecular formula is C11H8F4O4. The summed E-state index contributed by atoms with van der Waals surface area (Å²) in [5, 5.41) is 8.69. The molecule has 0 bridgehead atoms. The maximum Gasteiger partial charge on any atom is 0.345 e. The van der Waals surface area contributed by atoms with E-state index in [-0.39, 0.29) is 6.07 Å². The fourth-order valence-electron chi connectivity index (χ4n) is 1.24. The second-order valence-electron chi connectivity index (χ2n) is 3.65. The predicted octanol–water partition coefficient (Wildman–Crippen LogP) is 2.05. The van der Waals surface area contributed by atoms with Gasteiger partial charge < -0.3 is 9.84 Å². The number of aliphatic carboxylic acids is 1. The molecule has 0 aliphatic rings. The zero-order valence-corrected chi connectivity index (χ0v) is 9.55. The first-order chi connectivity index (χ1) is 8.73. The number of Topliss-reactive ketones (excluding diaryl/α,β-unsaturated/α-hetero) is 1. The van der Waals surface area contributed by atoms with E-state index in [1.807, 2.05) is 0 Å². The molecule has 0 aromatic heterocycles. The minimum atomic E-state index is -1.94. The highest BCUT2D eigenvalue weighted by atomic mass is 19.2. The van der Waals surface area contributed by atoms with Crippen molar-refractivity contribution in [3.8, 4) is 5.75 Å². The van der Waals surface area contributed by atoms with E-state index in [1.165, 1.54) is 0 Å². The Morgan fingerprint density at radius 2 is 1.68 bits per heavy atom. The molecule has 0 saturated carbocycles. The molecule has 0 amide bonds. The summed E-state index contributed by atoms with van der Waals surface area (Å²) >= 11 is 0. The zero-order valence-electron chi connectivity index (χ0n) is 9.55. The maximum atomic E-state index is 13.2. The molecule has 0 heterocycles. The Hall–Kier alpha value is -2.12. The van der Waals surface area contributed by atoms with Crippen molar-refractivity contribution >= 4 is 11.8 Å². The third-order valence-electron chi connectivity index (χ3n) is 2.08. The smallest absolute Gasteiger partial charge is 0.345 e. The van der Waals surface area contributed by atoms with Crippen LogP contribution in [0.5, 0.6) is 5.75 Å². The largest absolute Gasteiger partial charge is 0.478 e. The summed E-state index contributed by atoms with van der Waals surface area (Å²) in [7, 11) is 0. The van der Waals surface area contributed by atoms with E-state index in [1.54, 1.807) is 0 Å². The molecule has 104 valence electrons. The first kappa shape index (κ1) is 14.9. The molecule has 0 saturated heterocycles. The second kappa shape index (κ2) is 5.68. The van der Waals surface area contributed by atoms with Gasteiger partial charge in [0, 0.05) is 6.07 Å². The van der Waals surface area contributed by atoms with Gasteiger partial charge in [0.2, 0.25) is 17.7 Å². The highest BCUT2D eigenvalue weighted by Crippen LogP contribution is 2.27. The molecule has 8 heteroatoms. The molecule has 19 heavy (non-hydrogen) atoms. The van der Waals surface area contributed by atoms with E-state index in [4.69, 9.17) is 5.11 Å². The van der Waals surface area contributed by atoms with Crippen LogP contribution >= 0.6 is 0 Å². The zero-order chi connectivity index (χ0) is 14.7. The average molecular weight is 280 g/mol. The fourth-order valence-corrected chi connectivity index (χ4v) is 1.24. The van der Waals surface area contributed by atoms with Crippen molar-refractivity contribution in [1.29, 1.82) is 0 Å². The van der Waals surface area contributed by atoms with Crippen LogP contribution < -0.4 is 4.74 Å². The molecule has 0 radical (unpaired) electrons. The molecule has 1 N–H and O–H groups in total. The van der Waals surface area contributed by atoms with Gasteiger partial charge in [-0.15, -0.1) is 0 Å². The standard InChI is InChI=1S/C11H8F4O4/c1-4(16)2-7(11(17)18)19-10-8(14)5(12)3-6(13)9(10)15/h3,7H,2H2,1H3,(H,17,18). The summed E-state index contributed by atoms with van der Waals surface area (Å²) in [6, 6.07) is -0.0434. The molecule has 1 rings (SSSR count). The Labute approximate surface area is 104 Å². The first-order valence-electron chi connectivity index (χ1n) is 4.96. The van der Waals surface area contributed by atoms with E-state index < -0.39 is 53.3 Å². The Balaban J connectivity index is 3.16. The van der Waals surface area contributed by atoms with Crippen molar-refractivity contribution in [2.45, 2.75) is 19.4 Å². The van der Waals surface area contributed by atoms with Crippen LogP contribution in [0.3, 0.4) is 0 Å². The van der Waals surface area contributed by atoms with E-state index >= 15 is 0 Å². The van der Waals surface area contributed by atoms with Crippen molar-refractivity contribution in [1.82, 2.24) is 0 Å². The van der Waals surface area contributed by atoms with E-state index in [2.05, 4.69) is 4.74 Å². The summed E-state index contributed by atoms with van der Waals surface area (Å²) in [4.78, 5) is 21.5. The van der Waals surface area contributed by atoms with Crippen LogP contribution in [0.2, 0.25) is 0 Å². The van der Waals surface area contributed by atoms with E-state index in [9.17, 15) is 27.2 Å². The third-order valence-corrected chi connectivity index (χ3v) is 2.08. The number of carboxylic acids is 1. The number of benzene rings is 1. The molecule has 0 aliphatic carbocycles. The summed E-state index contributed by atoms with van der Waals surface area (Å²) in [5.74, 6) is -11.0. The van der Waals surface area contributed by atoms with Gasteiger partial charge in [-0.05, 0) is 6.92 Å². The van der Waals surface area contributed by atoms with Gasteiger partial charge in [-0.2, -0.15) is 8.78 Å². The van der Waals surface area contributed by atoms with Gasteiger partial charge in [0.25, 0.3) is 0 Å². The normalized spacial score (nSPS) is 12.1. The number of rotatable bonds is 5. The van der Waals surface area contributed by atoms with Gasteiger partial charge in [0.15, 0.2) is 17.4 Å². The van der Waals surface area contributed by atoms with Crippen molar-refractivity contribution in [2.24, 2.45) is 0 Å². The number of ether oxygens (including phenoxy) is 1. The van der Waals surface area contributed by atoms with Gasteiger partial charge >= 0.3 is 5.97 Å². The van der Waals surface area contributed by atoms with E-state index in [0.29, 0.717) is 0 Å². The lowest BCUT2D eigenvalue weighted by Gasteiger charge is -2.15. The lowest BCUT2D eigenvalue weighted by molar-refractivity contribution is -0.147. The van der Waals surface area contributed by atoms with Gasteiger partial charge in [-0.1, -0.05) is 0 Å². The molecule has 0 aliphatic heterocycles. The van der Waals surface area contributed by atoms with Gasteiger partial charge in [0.1, 0.15) is 5.78 Å². The second-order valence-corrected chi connectivity index (χ2v) is 3.65. The van der Waals surface area contributed by atoms with Crippen molar-refractivity contribution < 1.29 is 37.0 Å². The quantitative estimate of drug-likeness (QED) is 0.662. The summed E-state index contributed by atoms with van der Waals surface area (Å²) in [6.07, 6.45) is -2.64. The lowest BCUT2D eigenvalue weighted by Crippen LogP contribution is -2.30. The average Bonchev–Trinajstić information content (AvgIpc) is 2.30. The van der Waals surface area contributed by atoms with Gasteiger partial charge in [-0.25, -0.2) is 13.6 Å². The monoisotopic (exact) mass is 280 g/mol. The molecule has 0 fully saturated rings. The number of carbonyl (C=O) groups excluding carboxylic acids is 1. The van der Waals surface area contributed by atoms with Crippen molar-refractivity contribution in [2.75, 3.05) is 0 Å². The number of hydrogen-bond donors (Lipinski definition) is 1. The van der Waals surface area contributed by atoms with Crippen LogP contribution in [-0.2, 0) is 9.59 Å². The summed E-state index contributed by atoms with van der Waals surface area (Å²) in [6.45, 7) is 1.03. The van der Waals surface area contributed by atoms with Crippen LogP contribution in [0.4, 0.5) is 17.6 Å². The van der Waals surface area contributed by atoms with Crippen molar-refractivity contribution in [3.63, 3.8) is 0 Å². The molecule has 4 nitrogen and oxygen atoms in total. The maximum absolute atomic E-state index is 13.2. The fraction of sp³-hybridized carbons (Fsp3) is 0.273. The SMILES string of the molecule is CC(=O)CC(Oc1c(F)c(F)cc(F)c1F)C(=O)O. The van der Waals surface area contributed by atoms with Crippen LogP contribution in [0.1, 0.15) is 13.3 Å². The Morgan fingerprint density at radius 3 is 2.05 bits per heavy atom. The molecule has 1 aromatic rings. The Kier molecular flexibility index (Phi) is 4.47. The number of hydrogen-bond acceptors (Lipinski definition) is 3. The summed E-state index contributed by atoms with van der Waals surface area (Å²) < 4.78 is 56.5. The highest BCUT2D eigenvalue weighted by Gasteiger charge is 2.28. The van der Waals surface area contributed by atoms with Gasteiger partial charge in [0.05, 0.1) is 6.42 Å². The van der Waals surface area contributed by atoms with Crippen molar-refractivity contribution in [3.05, 3.63) is 29.3 Å². The van der Waals surface area contributed by atoms with Crippen LogP contribution in [0, 0.1) is 23.3 Å².